The average molecular weight is 359 g/mol. The Morgan fingerprint density at radius 1 is 0.962 bits per heavy atom. The number of piperazine rings is 1. The lowest BCUT2D eigenvalue weighted by Crippen LogP contribution is -2.50. The number of amides is 1. The Labute approximate surface area is 155 Å². The minimum atomic E-state index is -0.715. The summed E-state index contributed by atoms with van der Waals surface area (Å²) in [7, 11) is 0. The molecule has 6 heteroatoms. The van der Waals surface area contributed by atoms with E-state index in [0.717, 1.165) is 70.6 Å². The van der Waals surface area contributed by atoms with Gasteiger partial charge in [-0.15, -0.1) is 0 Å². The van der Waals surface area contributed by atoms with E-state index in [2.05, 4.69) is 21.9 Å². The maximum atomic E-state index is 12.8. The van der Waals surface area contributed by atoms with Gasteiger partial charge in [-0.25, -0.2) is 0 Å². The topological polar surface area (TPSA) is 64.1 Å². The maximum Gasteiger partial charge on any atom is 0.303 e. The van der Waals surface area contributed by atoms with Crippen molar-refractivity contribution in [3.63, 3.8) is 0 Å². The number of fused-ring (bicyclic) bond motifs is 1. The first-order chi connectivity index (χ1) is 12.6. The quantitative estimate of drug-likeness (QED) is 0.753. The van der Waals surface area contributed by atoms with Gasteiger partial charge in [-0.05, 0) is 43.9 Å². The number of carbonyl (C=O) groups excluding carboxylic acids is 1. The number of carbonyl (C=O) groups is 2. The van der Waals surface area contributed by atoms with Crippen molar-refractivity contribution >= 4 is 17.6 Å². The van der Waals surface area contributed by atoms with Crippen LogP contribution in [-0.4, -0.2) is 72.6 Å². The van der Waals surface area contributed by atoms with Crippen LogP contribution in [0.2, 0.25) is 0 Å². The van der Waals surface area contributed by atoms with Gasteiger partial charge in [0.05, 0.1) is 6.54 Å². The second kappa shape index (κ2) is 9.14. The van der Waals surface area contributed by atoms with Crippen LogP contribution in [0.1, 0.15) is 31.2 Å². The second-order valence-electron chi connectivity index (χ2n) is 7.25. The Bertz CT molecular complexity index is 626. The molecular formula is C20H29N3O3. The molecule has 6 nitrogen and oxygen atoms in total. The number of carboxylic acids is 1. The molecule has 0 radical (unpaired) electrons. The lowest BCUT2D eigenvalue weighted by atomic mass is 10.0. The Kier molecular flexibility index (Phi) is 6.63. The normalized spacial score (nSPS) is 18.5. The number of aryl methyl sites for hydroxylation is 1. The molecule has 0 unspecified atom stereocenters. The highest BCUT2D eigenvalue weighted by atomic mass is 16.4. The van der Waals surface area contributed by atoms with E-state index in [0.29, 0.717) is 6.54 Å². The Balaban J connectivity index is 1.42. The fourth-order valence-electron chi connectivity index (χ4n) is 3.85. The smallest absolute Gasteiger partial charge is 0.303 e. The molecule has 26 heavy (non-hydrogen) atoms. The first kappa shape index (κ1) is 18.9. The monoisotopic (exact) mass is 359 g/mol. The zero-order chi connectivity index (χ0) is 18.4. The molecule has 3 rings (SSSR count). The van der Waals surface area contributed by atoms with E-state index >= 15 is 0 Å². The molecule has 1 N–H and O–H groups in total. The summed E-state index contributed by atoms with van der Waals surface area (Å²) in [5, 5.41) is 8.68. The third-order valence-corrected chi connectivity index (χ3v) is 5.35. The van der Waals surface area contributed by atoms with Crippen molar-refractivity contribution in [1.29, 1.82) is 0 Å². The lowest BCUT2D eigenvalue weighted by molar-refractivity contribution is -0.137. The number of para-hydroxylation sites is 1. The molecule has 0 bridgehead atoms. The van der Waals surface area contributed by atoms with Gasteiger partial charge in [-0.3, -0.25) is 14.5 Å². The van der Waals surface area contributed by atoms with Crippen molar-refractivity contribution < 1.29 is 14.7 Å². The van der Waals surface area contributed by atoms with Gasteiger partial charge in [0.2, 0.25) is 5.91 Å². The summed E-state index contributed by atoms with van der Waals surface area (Å²) in [6.45, 7) is 5.98. The number of hydrogen-bond donors (Lipinski definition) is 1. The van der Waals surface area contributed by atoms with Crippen molar-refractivity contribution in [3.05, 3.63) is 29.8 Å². The van der Waals surface area contributed by atoms with Crippen LogP contribution in [-0.2, 0) is 16.0 Å². The van der Waals surface area contributed by atoms with Gasteiger partial charge in [-0.1, -0.05) is 18.2 Å². The number of rotatable bonds is 7. The zero-order valence-electron chi connectivity index (χ0n) is 15.4. The molecule has 1 aromatic carbocycles. The fourth-order valence-corrected chi connectivity index (χ4v) is 3.85. The predicted molar refractivity (Wildman–Crippen MR) is 101 cm³/mol. The molecule has 142 valence electrons. The van der Waals surface area contributed by atoms with Crippen LogP contribution in [0.25, 0.3) is 0 Å². The van der Waals surface area contributed by atoms with E-state index in [9.17, 15) is 9.59 Å². The van der Waals surface area contributed by atoms with Gasteiger partial charge in [-0.2, -0.15) is 0 Å². The number of hydrogen-bond acceptors (Lipinski definition) is 4. The largest absolute Gasteiger partial charge is 0.481 e. The lowest BCUT2D eigenvalue weighted by Gasteiger charge is -2.36. The van der Waals surface area contributed by atoms with E-state index in [-0.39, 0.29) is 12.3 Å². The van der Waals surface area contributed by atoms with Crippen LogP contribution in [0.15, 0.2) is 24.3 Å². The summed E-state index contributed by atoms with van der Waals surface area (Å²) in [6.07, 6.45) is 4.01. The summed E-state index contributed by atoms with van der Waals surface area (Å²) in [4.78, 5) is 29.9. The molecule has 1 saturated heterocycles. The summed E-state index contributed by atoms with van der Waals surface area (Å²) < 4.78 is 0. The number of benzene rings is 1. The number of anilines is 1. The second-order valence-corrected chi connectivity index (χ2v) is 7.25. The first-order valence-corrected chi connectivity index (χ1v) is 9.68. The average Bonchev–Trinajstić information content (AvgIpc) is 2.66. The molecule has 2 heterocycles. The molecule has 0 aromatic heterocycles. The molecule has 1 fully saturated rings. The van der Waals surface area contributed by atoms with Gasteiger partial charge in [0.1, 0.15) is 0 Å². The molecule has 0 spiro atoms. The van der Waals surface area contributed by atoms with Gasteiger partial charge < -0.3 is 14.9 Å². The highest BCUT2D eigenvalue weighted by Gasteiger charge is 2.25. The molecule has 0 aliphatic carbocycles. The van der Waals surface area contributed by atoms with Crippen LogP contribution in [0.4, 0.5) is 5.69 Å². The molecular weight excluding hydrogens is 330 g/mol. The highest BCUT2D eigenvalue weighted by Crippen LogP contribution is 2.26. The fraction of sp³-hybridized carbons (Fsp3) is 0.600. The molecule has 1 aromatic rings. The summed E-state index contributed by atoms with van der Waals surface area (Å²) in [5.74, 6) is -0.514. The zero-order valence-corrected chi connectivity index (χ0v) is 15.4. The summed E-state index contributed by atoms with van der Waals surface area (Å²) in [6, 6.07) is 8.23. The van der Waals surface area contributed by atoms with Gasteiger partial charge >= 0.3 is 5.97 Å². The summed E-state index contributed by atoms with van der Waals surface area (Å²) >= 11 is 0. The minimum Gasteiger partial charge on any atom is -0.481 e. The van der Waals surface area contributed by atoms with Gasteiger partial charge in [0.25, 0.3) is 0 Å². The standard InChI is InChI=1S/C20H29N3O3/c24-19(23-11-5-7-17-6-1-2-8-18(17)23)16-22-14-12-21(13-15-22)10-4-3-9-20(25)26/h1-2,6,8H,3-5,7,9-16H2,(H,25,26). The summed E-state index contributed by atoms with van der Waals surface area (Å²) in [5.41, 5.74) is 2.36. The van der Waals surface area contributed by atoms with Gasteiger partial charge in [0.15, 0.2) is 0 Å². The van der Waals surface area contributed by atoms with Crippen LogP contribution >= 0.6 is 0 Å². The van der Waals surface area contributed by atoms with Crippen LogP contribution < -0.4 is 4.90 Å². The number of aliphatic carboxylic acids is 1. The van der Waals surface area contributed by atoms with Crippen molar-refractivity contribution in [2.24, 2.45) is 0 Å². The Morgan fingerprint density at radius 3 is 2.46 bits per heavy atom. The van der Waals surface area contributed by atoms with E-state index < -0.39 is 5.97 Å². The van der Waals surface area contributed by atoms with Crippen molar-refractivity contribution in [2.75, 3.05) is 50.7 Å². The predicted octanol–water partition coefficient (Wildman–Crippen LogP) is 1.84. The van der Waals surface area contributed by atoms with Gasteiger partial charge in [0, 0.05) is 44.8 Å². The molecule has 1 amide bonds. The van der Waals surface area contributed by atoms with Crippen molar-refractivity contribution in [2.45, 2.75) is 32.1 Å². The molecule has 2 aliphatic heterocycles. The third kappa shape index (κ3) is 5.05. The molecule has 2 aliphatic rings. The minimum absolute atomic E-state index is 0.201. The van der Waals surface area contributed by atoms with E-state index in [1.807, 2.05) is 17.0 Å². The van der Waals surface area contributed by atoms with E-state index in [1.54, 1.807) is 0 Å². The van der Waals surface area contributed by atoms with Crippen LogP contribution in [0.5, 0.6) is 0 Å². The van der Waals surface area contributed by atoms with E-state index in [1.165, 1.54) is 5.56 Å². The maximum absolute atomic E-state index is 12.8. The van der Waals surface area contributed by atoms with E-state index in [4.69, 9.17) is 5.11 Å². The molecule has 0 saturated carbocycles. The first-order valence-electron chi connectivity index (χ1n) is 9.68. The number of unbranched alkanes of at least 4 members (excludes halogenated alkanes) is 1. The highest BCUT2D eigenvalue weighted by molar-refractivity contribution is 5.95. The SMILES string of the molecule is O=C(O)CCCCN1CCN(CC(=O)N2CCCc3ccccc32)CC1. The number of carboxylic acid groups (broad SMARTS) is 1. The van der Waals surface area contributed by atoms with Crippen LogP contribution in [0.3, 0.4) is 0 Å². The Hall–Kier alpha value is -1.92. The third-order valence-electron chi connectivity index (χ3n) is 5.35. The molecule has 0 atom stereocenters. The Morgan fingerprint density at radius 2 is 1.69 bits per heavy atom. The van der Waals surface area contributed by atoms with Crippen molar-refractivity contribution in [1.82, 2.24) is 9.80 Å². The number of nitrogens with zero attached hydrogens (tertiary/aromatic N) is 3. The van der Waals surface area contributed by atoms with Crippen molar-refractivity contribution in [3.8, 4) is 0 Å². The van der Waals surface area contributed by atoms with Crippen LogP contribution in [0, 0.1) is 0 Å².